The number of amides is 1. The van der Waals surface area contributed by atoms with Crippen molar-refractivity contribution in [1.29, 1.82) is 0 Å². The molecule has 6 nitrogen and oxygen atoms in total. The van der Waals surface area contributed by atoms with E-state index in [-0.39, 0.29) is 24.5 Å². The third-order valence-corrected chi connectivity index (χ3v) is 3.96. The van der Waals surface area contributed by atoms with Gasteiger partial charge in [0.1, 0.15) is 11.9 Å². The summed E-state index contributed by atoms with van der Waals surface area (Å²) in [4.78, 5) is 12.1. The zero-order valence-corrected chi connectivity index (χ0v) is 12.2. The number of hydrogen-bond acceptors (Lipinski definition) is 5. The number of hydrogen-bond donors (Lipinski definition) is 2. The molecule has 2 rings (SSSR count). The Morgan fingerprint density at radius 3 is 2.85 bits per heavy atom. The molecular weight excluding hydrogens is 260 g/mol. The van der Waals surface area contributed by atoms with Gasteiger partial charge in [0.25, 0.3) is 0 Å². The van der Waals surface area contributed by atoms with Crippen molar-refractivity contribution in [3.8, 4) is 0 Å². The number of nitrogens with one attached hydrogen (secondary N) is 1. The zero-order valence-electron chi connectivity index (χ0n) is 12.2. The minimum absolute atomic E-state index is 0.125. The molecule has 1 amide bonds. The molecule has 1 aliphatic carbocycles. The number of aromatic nitrogens is 1. The van der Waals surface area contributed by atoms with E-state index in [9.17, 15) is 9.90 Å². The first-order chi connectivity index (χ1) is 9.52. The molecular formula is C14H22N2O4. The molecule has 0 unspecified atom stereocenters. The second-order valence-corrected chi connectivity index (χ2v) is 5.35. The lowest BCUT2D eigenvalue weighted by molar-refractivity contribution is -0.124. The average Bonchev–Trinajstić information content (AvgIpc) is 2.73. The summed E-state index contributed by atoms with van der Waals surface area (Å²) < 4.78 is 10.3. The van der Waals surface area contributed by atoms with Crippen molar-refractivity contribution in [2.45, 2.75) is 57.8 Å². The number of ether oxygens (including phenoxy) is 1. The second-order valence-electron chi connectivity index (χ2n) is 5.35. The van der Waals surface area contributed by atoms with E-state index in [2.05, 4.69) is 10.5 Å². The lowest BCUT2D eigenvalue weighted by Crippen LogP contribution is -2.51. The lowest BCUT2D eigenvalue weighted by Gasteiger charge is -2.34. The van der Waals surface area contributed by atoms with Crippen molar-refractivity contribution in [2.24, 2.45) is 0 Å². The molecule has 6 heteroatoms. The molecule has 0 bridgehead atoms. The van der Waals surface area contributed by atoms with Crippen LogP contribution in [0.15, 0.2) is 4.52 Å². The van der Waals surface area contributed by atoms with Gasteiger partial charge in [-0.3, -0.25) is 4.79 Å². The molecule has 0 aromatic carbocycles. The fourth-order valence-electron chi connectivity index (χ4n) is 2.73. The van der Waals surface area contributed by atoms with Gasteiger partial charge in [0.2, 0.25) is 5.91 Å². The fraction of sp³-hybridized carbons (Fsp3) is 0.714. The van der Waals surface area contributed by atoms with Crippen molar-refractivity contribution in [3.05, 3.63) is 17.0 Å². The van der Waals surface area contributed by atoms with Gasteiger partial charge >= 0.3 is 0 Å². The number of nitrogens with zero attached hydrogens (tertiary/aromatic N) is 1. The number of aryl methyl sites for hydroxylation is 2. The highest BCUT2D eigenvalue weighted by Crippen LogP contribution is 2.22. The second kappa shape index (κ2) is 6.37. The van der Waals surface area contributed by atoms with Crippen molar-refractivity contribution >= 4 is 5.91 Å². The van der Waals surface area contributed by atoms with E-state index in [0.717, 1.165) is 30.5 Å². The van der Waals surface area contributed by atoms with Crippen LogP contribution in [-0.2, 0) is 16.0 Å². The monoisotopic (exact) mass is 282 g/mol. The fourth-order valence-corrected chi connectivity index (χ4v) is 2.73. The molecule has 112 valence electrons. The Morgan fingerprint density at radius 1 is 1.50 bits per heavy atom. The van der Waals surface area contributed by atoms with Crippen LogP contribution in [0.4, 0.5) is 0 Å². The van der Waals surface area contributed by atoms with Crippen LogP contribution in [0.1, 0.15) is 36.3 Å². The Hall–Kier alpha value is -1.40. The standard InChI is InChI=1S/C14H22N2O4/c1-8-10(9(2)20-16-8)7-13(17)15-11-5-4-6-12(19-3)14(11)18/h11-12,14,18H,4-7H2,1-3H3,(H,15,17)/t11-,12-,14-/m1/s1. The number of aliphatic hydroxyl groups excluding tert-OH is 1. The van der Waals surface area contributed by atoms with Crippen LogP contribution < -0.4 is 5.32 Å². The van der Waals surface area contributed by atoms with Crippen LogP contribution in [-0.4, -0.2) is 41.5 Å². The van der Waals surface area contributed by atoms with Gasteiger partial charge in [0.15, 0.2) is 0 Å². The van der Waals surface area contributed by atoms with E-state index in [4.69, 9.17) is 9.26 Å². The number of rotatable bonds is 4. The van der Waals surface area contributed by atoms with E-state index >= 15 is 0 Å². The Balaban J connectivity index is 1.94. The molecule has 20 heavy (non-hydrogen) atoms. The predicted octanol–water partition coefficient (Wildman–Crippen LogP) is 0.879. The first kappa shape index (κ1) is 15.0. The Kier molecular flexibility index (Phi) is 4.77. The largest absolute Gasteiger partial charge is 0.388 e. The van der Waals surface area contributed by atoms with Crippen molar-refractivity contribution in [1.82, 2.24) is 10.5 Å². The molecule has 1 aliphatic rings. The number of carbonyl (C=O) groups is 1. The molecule has 0 saturated heterocycles. The molecule has 3 atom stereocenters. The highest BCUT2D eigenvalue weighted by atomic mass is 16.5. The normalized spacial score (nSPS) is 26.5. The summed E-state index contributed by atoms with van der Waals surface area (Å²) in [6, 6.07) is -0.248. The third kappa shape index (κ3) is 3.19. The van der Waals surface area contributed by atoms with Crippen LogP contribution in [0.2, 0.25) is 0 Å². The number of methoxy groups -OCH3 is 1. The van der Waals surface area contributed by atoms with Gasteiger partial charge in [-0.15, -0.1) is 0 Å². The summed E-state index contributed by atoms with van der Waals surface area (Å²) in [6.45, 7) is 3.61. The van der Waals surface area contributed by atoms with Crippen LogP contribution in [0.5, 0.6) is 0 Å². The summed E-state index contributed by atoms with van der Waals surface area (Å²) in [6.07, 6.45) is 1.91. The van der Waals surface area contributed by atoms with Crippen LogP contribution >= 0.6 is 0 Å². The molecule has 2 N–H and O–H groups in total. The smallest absolute Gasteiger partial charge is 0.224 e. The van der Waals surface area contributed by atoms with Crippen molar-refractivity contribution in [3.63, 3.8) is 0 Å². The molecule has 1 aromatic rings. The van der Waals surface area contributed by atoms with E-state index in [1.54, 1.807) is 14.0 Å². The summed E-state index contributed by atoms with van der Waals surface area (Å²) >= 11 is 0. The van der Waals surface area contributed by atoms with E-state index < -0.39 is 6.10 Å². The van der Waals surface area contributed by atoms with Gasteiger partial charge < -0.3 is 19.7 Å². The zero-order chi connectivity index (χ0) is 14.7. The highest BCUT2D eigenvalue weighted by molar-refractivity contribution is 5.79. The van der Waals surface area contributed by atoms with Crippen LogP contribution in [0.25, 0.3) is 0 Å². The lowest BCUT2D eigenvalue weighted by atomic mass is 9.89. The maximum absolute atomic E-state index is 12.1. The SMILES string of the molecule is CO[C@@H]1CCC[C@@H](NC(=O)Cc2c(C)noc2C)[C@H]1O. The number of aliphatic hydroxyl groups is 1. The van der Waals surface area contributed by atoms with Gasteiger partial charge in [-0.05, 0) is 33.1 Å². The summed E-state index contributed by atoms with van der Waals surface area (Å²) in [5.41, 5.74) is 1.55. The maximum Gasteiger partial charge on any atom is 0.224 e. The first-order valence-electron chi connectivity index (χ1n) is 6.95. The Bertz CT molecular complexity index is 452. The van der Waals surface area contributed by atoms with Crippen molar-refractivity contribution < 1.29 is 19.2 Å². The maximum atomic E-state index is 12.1. The molecule has 1 heterocycles. The molecule has 0 aliphatic heterocycles. The predicted molar refractivity (Wildman–Crippen MR) is 72.3 cm³/mol. The Labute approximate surface area is 118 Å². The van der Waals surface area contributed by atoms with Crippen molar-refractivity contribution in [2.75, 3.05) is 7.11 Å². The van der Waals surface area contributed by atoms with E-state index in [1.165, 1.54) is 0 Å². The third-order valence-electron chi connectivity index (χ3n) is 3.96. The molecule has 1 fully saturated rings. The van der Waals surface area contributed by atoms with Crippen LogP contribution in [0.3, 0.4) is 0 Å². The van der Waals surface area contributed by atoms with Gasteiger partial charge in [0.05, 0.1) is 24.3 Å². The quantitative estimate of drug-likeness (QED) is 0.856. The molecule has 0 spiro atoms. The summed E-state index contributed by atoms with van der Waals surface area (Å²) in [5, 5.41) is 16.9. The van der Waals surface area contributed by atoms with E-state index in [0.29, 0.717) is 5.76 Å². The topological polar surface area (TPSA) is 84.6 Å². The van der Waals surface area contributed by atoms with Gasteiger partial charge in [0, 0.05) is 12.7 Å². The molecule has 0 radical (unpaired) electrons. The van der Waals surface area contributed by atoms with E-state index in [1.807, 2.05) is 6.92 Å². The summed E-state index contributed by atoms with van der Waals surface area (Å²) in [7, 11) is 1.59. The molecule has 1 aromatic heterocycles. The average molecular weight is 282 g/mol. The van der Waals surface area contributed by atoms with Gasteiger partial charge in [-0.1, -0.05) is 5.16 Å². The minimum atomic E-state index is -0.651. The molecule has 1 saturated carbocycles. The Morgan fingerprint density at radius 2 is 2.25 bits per heavy atom. The summed E-state index contributed by atoms with van der Waals surface area (Å²) in [5.74, 6) is 0.539. The minimum Gasteiger partial charge on any atom is -0.388 e. The van der Waals surface area contributed by atoms with Gasteiger partial charge in [-0.2, -0.15) is 0 Å². The first-order valence-corrected chi connectivity index (χ1v) is 6.95. The number of carbonyl (C=O) groups excluding carboxylic acids is 1. The highest BCUT2D eigenvalue weighted by Gasteiger charge is 2.32. The van der Waals surface area contributed by atoms with Crippen LogP contribution in [0, 0.1) is 13.8 Å². The van der Waals surface area contributed by atoms with Gasteiger partial charge in [-0.25, -0.2) is 0 Å².